The van der Waals surface area contributed by atoms with E-state index in [4.69, 9.17) is 5.73 Å². The third kappa shape index (κ3) is 3.22. The van der Waals surface area contributed by atoms with Crippen LogP contribution in [-0.2, 0) is 11.2 Å². The number of carbonyl (C=O) groups excluding carboxylic acids is 1. The van der Waals surface area contributed by atoms with E-state index < -0.39 is 23.4 Å². The lowest BCUT2D eigenvalue weighted by Gasteiger charge is -2.19. The summed E-state index contributed by atoms with van der Waals surface area (Å²) in [6.07, 6.45) is -0.0590. The van der Waals surface area contributed by atoms with Gasteiger partial charge in [0, 0.05) is 26.7 Å². The van der Waals surface area contributed by atoms with Crippen LogP contribution < -0.4 is 5.73 Å². The number of hydrogen-bond donors (Lipinski definition) is 1. The van der Waals surface area contributed by atoms with E-state index in [2.05, 4.69) is 0 Å². The predicted octanol–water partition coefficient (Wildman–Crippen LogP) is 1.31. The maximum Gasteiger partial charge on any atom is 0.226 e. The first-order valence-electron chi connectivity index (χ1n) is 5.41. The van der Waals surface area contributed by atoms with Crippen molar-refractivity contribution in [3.63, 3.8) is 0 Å². The highest BCUT2D eigenvalue weighted by Crippen LogP contribution is 2.17. The van der Waals surface area contributed by atoms with Gasteiger partial charge in [-0.2, -0.15) is 0 Å². The second-order valence-electron chi connectivity index (χ2n) is 4.23. The summed E-state index contributed by atoms with van der Waals surface area (Å²) in [6.45, 7) is 0.00937. The highest BCUT2D eigenvalue weighted by Gasteiger charge is 2.21. The minimum Gasteiger partial charge on any atom is -0.349 e. The third-order valence-corrected chi connectivity index (χ3v) is 2.63. The third-order valence-electron chi connectivity index (χ3n) is 2.63. The van der Waals surface area contributed by atoms with Crippen LogP contribution in [0.3, 0.4) is 0 Å². The number of halogens is 3. The Morgan fingerprint density at radius 3 is 2.28 bits per heavy atom. The molecule has 0 fully saturated rings. The number of carbonyl (C=O) groups is 1. The van der Waals surface area contributed by atoms with Crippen molar-refractivity contribution < 1.29 is 18.0 Å². The molecule has 0 heterocycles. The van der Waals surface area contributed by atoms with Gasteiger partial charge in [0.2, 0.25) is 5.91 Å². The van der Waals surface area contributed by atoms with Crippen molar-refractivity contribution in [3.05, 3.63) is 35.1 Å². The molecule has 1 amide bonds. The molecule has 0 aliphatic heterocycles. The highest BCUT2D eigenvalue weighted by atomic mass is 19.2. The van der Waals surface area contributed by atoms with Gasteiger partial charge in [0.15, 0.2) is 11.6 Å². The minimum absolute atomic E-state index is 0.00937. The van der Waals surface area contributed by atoms with Crippen molar-refractivity contribution in [1.29, 1.82) is 0 Å². The molecule has 18 heavy (non-hydrogen) atoms. The number of amides is 1. The van der Waals surface area contributed by atoms with Crippen LogP contribution >= 0.6 is 0 Å². The van der Waals surface area contributed by atoms with Gasteiger partial charge in [0.25, 0.3) is 0 Å². The zero-order chi connectivity index (χ0) is 13.9. The van der Waals surface area contributed by atoms with Crippen LogP contribution in [0, 0.1) is 23.4 Å². The molecule has 0 aromatic heterocycles. The zero-order valence-corrected chi connectivity index (χ0v) is 10.2. The summed E-state index contributed by atoms with van der Waals surface area (Å²) in [5.41, 5.74) is 5.38. The lowest BCUT2D eigenvalue weighted by molar-refractivity contribution is -0.132. The molecule has 0 spiro atoms. The smallest absolute Gasteiger partial charge is 0.226 e. The summed E-state index contributed by atoms with van der Waals surface area (Å²) in [5.74, 6) is -4.20. The van der Waals surface area contributed by atoms with Gasteiger partial charge in [-0.1, -0.05) is 0 Å². The van der Waals surface area contributed by atoms with E-state index in [0.29, 0.717) is 6.07 Å². The van der Waals surface area contributed by atoms with Crippen molar-refractivity contribution in [2.24, 2.45) is 11.7 Å². The monoisotopic (exact) mass is 260 g/mol. The minimum atomic E-state index is -1.25. The summed E-state index contributed by atoms with van der Waals surface area (Å²) in [5, 5.41) is 0. The second kappa shape index (κ2) is 5.86. The molecule has 1 rings (SSSR count). The molecule has 0 bridgehead atoms. The Labute approximate surface area is 103 Å². The van der Waals surface area contributed by atoms with Gasteiger partial charge in [-0.25, -0.2) is 13.2 Å². The van der Waals surface area contributed by atoms with Crippen LogP contribution in [0.15, 0.2) is 12.1 Å². The SMILES string of the molecule is CN(C)C(=O)C(CN)Cc1cc(F)c(F)cc1F. The van der Waals surface area contributed by atoms with Crippen LogP contribution in [0.5, 0.6) is 0 Å². The fourth-order valence-electron chi connectivity index (χ4n) is 1.62. The molecule has 0 saturated heterocycles. The van der Waals surface area contributed by atoms with Crippen molar-refractivity contribution in [2.45, 2.75) is 6.42 Å². The molecule has 0 radical (unpaired) electrons. The molecule has 6 heteroatoms. The first-order chi connectivity index (χ1) is 8.36. The molecule has 1 aromatic rings. The summed E-state index contributed by atoms with van der Waals surface area (Å²) < 4.78 is 39.2. The van der Waals surface area contributed by atoms with Crippen molar-refractivity contribution in [1.82, 2.24) is 4.90 Å². The number of rotatable bonds is 4. The number of nitrogens with two attached hydrogens (primary N) is 1. The highest BCUT2D eigenvalue weighted by molar-refractivity contribution is 5.78. The number of nitrogens with zero attached hydrogens (tertiary/aromatic N) is 1. The Bertz CT molecular complexity index is 449. The average Bonchev–Trinajstić information content (AvgIpc) is 2.31. The molecular formula is C12H15F3N2O. The fraction of sp³-hybridized carbons (Fsp3) is 0.417. The largest absolute Gasteiger partial charge is 0.349 e. The van der Waals surface area contributed by atoms with E-state index in [9.17, 15) is 18.0 Å². The van der Waals surface area contributed by atoms with Gasteiger partial charge in [-0.3, -0.25) is 4.79 Å². The van der Waals surface area contributed by atoms with Crippen LogP contribution in [-0.4, -0.2) is 31.4 Å². The van der Waals surface area contributed by atoms with Crippen LogP contribution in [0.4, 0.5) is 13.2 Å². The molecule has 0 aliphatic rings. The van der Waals surface area contributed by atoms with E-state index in [1.54, 1.807) is 14.1 Å². The number of hydrogen-bond acceptors (Lipinski definition) is 2. The fourth-order valence-corrected chi connectivity index (χ4v) is 1.62. The van der Waals surface area contributed by atoms with Crippen molar-refractivity contribution >= 4 is 5.91 Å². The van der Waals surface area contributed by atoms with Gasteiger partial charge in [-0.15, -0.1) is 0 Å². The molecule has 100 valence electrons. The Hall–Kier alpha value is -1.56. The normalized spacial score (nSPS) is 12.3. The maximum absolute atomic E-state index is 13.4. The summed E-state index contributed by atoms with van der Waals surface area (Å²) in [6, 6.07) is 1.23. The number of benzene rings is 1. The van der Waals surface area contributed by atoms with E-state index >= 15 is 0 Å². The Morgan fingerprint density at radius 1 is 1.22 bits per heavy atom. The van der Waals surface area contributed by atoms with E-state index in [1.165, 1.54) is 4.90 Å². The first kappa shape index (κ1) is 14.5. The van der Waals surface area contributed by atoms with Crippen LogP contribution in [0.25, 0.3) is 0 Å². The topological polar surface area (TPSA) is 46.3 Å². The molecule has 2 N–H and O–H groups in total. The van der Waals surface area contributed by atoms with Crippen molar-refractivity contribution in [2.75, 3.05) is 20.6 Å². The van der Waals surface area contributed by atoms with Gasteiger partial charge >= 0.3 is 0 Å². The molecule has 1 aromatic carbocycles. The quantitative estimate of drug-likeness (QED) is 0.830. The molecule has 0 saturated carbocycles. The zero-order valence-electron chi connectivity index (χ0n) is 10.2. The Morgan fingerprint density at radius 2 is 1.78 bits per heavy atom. The predicted molar refractivity (Wildman–Crippen MR) is 61.3 cm³/mol. The summed E-state index contributed by atoms with van der Waals surface area (Å²) in [7, 11) is 3.10. The molecule has 1 atom stereocenters. The molecule has 1 unspecified atom stereocenters. The Balaban J connectivity index is 2.95. The molecular weight excluding hydrogens is 245 g/mol. The van der Waals surface area contributed by atoms with Crippen LogP contribution in [0.1, 0.15) is 5.56 Å². The molecule has 3 nitrogen and oxygen atoms in total. The van der Waals surface area contributed by atoms with Crippen LogP contribution in [0.2, 0.25) is 0 Å². The lowest BCUT2D eigenvalue weighted by atomic mass is 9.97. The van der Waals surface area contributed by atoms with Crippen molar-refractivity contribution in [3.8, 4) is 0 Å². The van der Waals surface area contributed by atoms with Gasteiger partial charge in [0.05, 0.1) is 5.92 Å². The summed E-state index contributed by atoms with van der Waals surface area (Å²) >= 11 is 0. The molecule has 0 aliphatic carbocycles. The summed E-state index contributed by atoms with van der Waals surface area (Å²) in [4.78, 5) is 13.0. The van der Waals surface area contributed by atoms with E-state index in [-0.39, 0.29) is 24.4 Å². The van der Waals surface area contributed by atoms with E-state index in [1.807, 2.05) is 0 Å². The van der Waals surface area contributed by atoms with Gasteiger partial charge < -0.3 is 10.6 Å². The lowest BCUT2D eigenvalue weighted by Crippen LogP contribution is -2.35. The van der Waals surface area contributed by atoms with Gasteiger partial charge in [-0.05, 0) is 18.1 Å². The average molecular weight is 260 g/mol. The Kier molecular flexibility index (Phi) is 4.72. The standard InChI is InChI=1S/C12H15F3N2O/c1-17(2)12(18)8(6-16)3-7-4-10(14)11(15)5-9(7)13/h4-5,8H,3,6,16H2,1-2H3. The first-order valence-corrected chi connectivity index (χ1v) is 5.41. The maximum atomic E-state index is 13.4. The van der Waals surface area contributed by atoms with E-state index in [0.717, 1.165) is 6.07 Å². The second-order valence-corrected chi connectivity index (χ2v) is 4.23. The van der Waals surface area contributed by atoms with Gasteiger partial charge in [0.1, 0.15) is 5.82 Å².